The highest BCUT2D eigenvalue weighted by Crippen LogP contribution is 2.33. The minimum Gasteiger partial charge on any atom is -0.493 e. The Hall–Kier alpha value is -2.05. The average Bonchev–Trinajstić information content (AvgIpc) is 2.67. The molecule has 6 heteroatoms. The number of nitrogens with one attached hydrogen (secondary N) is 2. The Kier molecular flexibility index (Phi) is 7.94. The van der Waals surface area contributed by atoms with Gasteiger partial charge in [0.15, 0.2) is 11.5 Å². The highest BCUT2D eigenvalue weighted by Gasteiger charge is 2.10. The van der Waals surface area contributed by atoms with Crippen molar-refractivity contribution < 1.29 is 14.3 Å². The third-order valence-corrected chi connectivity index (χ3v) is 4.66. The van der Waals surface area contributed by atoms with Crippen molar-refractivity contribution in [2.24, 2.45) is 0 Å². The van der Waals surface area contributed by atoms with Gasteiger partial charge < -0.3 is 20.1 Å². The first kappa shape index (κ1) is 20.3. The van der Waals surface area contributed by atoms with Gasteiger partial charge >= 0.3 is 0 Å². The molecule has 2 N–H and O–H groups in total. The SMILES string of the molecule is CCCNC(=O)c1cccc(CNCc2cc(OC)c(OC)cc2Br)c1. The number of hydrogen-bond donors (Lipinski definition) is 2. The molecule has 0 aromatic heterocycles. The summed E-state index contributed by atoms with van der Waals surface area (Å²) in [6, 6.07) is 11.5. The topological polar surface area (TPSA) is 59.6 Å². The van der Waals surface area contributed by atoms with Gasteiger partial charge in [0.25, 0.3) is 5.91 Å². The number of hydrogen-bond acceptors (Lipinski definition) is 4. The molecular weight excluding hydrogens is 396 g/mol. The van der Waals surface area contributed by atoms with Gasteiger partial charge in [-0.3, -0.25) is 4.79 Å². The molecular formula is C20H25BrN2O3. The fourth-order valence-corrected chi connectivity index (χ4v) is 3.00. The minimum absolute atomic E-state index is 0.0312. The summed E-state index contributed by atoms with van der Waals surface area (Å²) in [5.74, 6) is 1.35. The number of ether oxygens (including phenoxy) is 2. The molecule has 0 saturated carbocycles. The van der Waals surface area contributed by atoms with E-state index >= 15 is 0 Å². The van der Waals surface area contributed by atoms with Gasteiger partial charge in [-0.05, 0) is 41.8 Å². The van der Waals surface area contributed by atoms with Crippen LogP contribution in [0.4, 0.5) is 0 Å². The third kappa shape index (κ3) is 5.47. The van der Waals surface area contributed by atoms with Gasteiger partial charge in [0.1, 0.15) is 0 Å². The van der Waals surface area contributed by atoms with Gasteiger partial charge in [0, 0.05) is 29.7 Å². The maximum absolute atomic E-state index is 12.1. The van der Waals surface area contributed by atoms with E-state index in [4.69, 9.17) is 9.47 Å². The number of benzene rings is 2. The van der Waals surface area contributed by atoms with Crippen LogP contribution in [0.15, 0.2) is 40.9 Å². The van der Waals surface area contributed by atoms with Crippen molar-refractivity contribution in [3.63, 3.8) is 0 Å². The smallest absolute Gasteiger partial charge is 0.251 e. The molecule has 0 atom stereocenters. The van der Waals surface area contributed by atoms with E-state index in [9.17, 15) is 4.79 Å². The normalized spacial score (nSPS) is 10.5. The van der Waals surface area contributed by atoms with Crippen molar-refractivity contribution in [3.05, 3.63) is 57.6 Å². The molecule has 2 aromatic rings. The quantitative estimate of drug-likeness (QED) is 0.645. The lowest BCUT2D eigenvalue weighted by Gasteiger charge is -2.13. The van der Waals surface area contributed by atoms with Crippen LogP contribution in [0.2, 0.25) is 0 Å². The van der Waals surface area contributed by atoms with Crippen LogP contribution in [0.5, 0.6) is 11.5 Å². The lowest BCUT2D eigenvalue weighted by atomic mass is 10.1. The number of methoxy groups -OCH3 is 2. The Morgan fingerprint density at radius 1 is 1.08 bits per heavy atom. The number of carbonyl (C=O) groups excluding carboxylic acids is 1. The van der Waals surface area contributed by atoms with Gasteiger partial charge in [-0.15, -0.1) is 0 Å². The molecule has 0 aliphatic heterocycles. The van der Waals surface area contributed by atoms with E-state index in [1.165, 1.54) is 0 Å². The van der Waals surface area contributed by atoms with E-state index in [2.05, 4.69) is 26.6 Å². The van der Waals surface area contributed by atoms with Crippen LogP contribution in [0, 0.1) is 0 Å². The first-order valence-electron chi connectivity index (χ1n) is 8.57. The zero-order valence-electron chi connectivity index (χ0n) is 15.4. The van der Waals surface area contributed by atoms with Gasteiger partial charge in [-0.1, -0.05) is 35.0 Å². The van der Waals surface area contributed by atoms with Crippen LogP contribution in [0.25, 0.3) is 0 Å². The molecule has 0 saturated heterocycles. The molecule has 0 aliphatic carbocycles. The van der Waals surface area contributed by atoms with Crippen LogP contribution in [0.1, 0.15) is 34.8 Å². The standard InChI is InChI=1S/C20H25BrN2O3/c1-4-8-23-20(24)15-7-5-6-14(9-15)12-22-13-16-10-18(25-2)19(26-3)11-17(16)21/h5-7,9-11,22H,4,8,12-13H2,1-3H3,(H,23,24). The fraction of sp³-hybridized carbons (Fsp3) is 0.350. The second-order valence-electron chi connectivity index (χ2n) is 5.86. The predicted molar refractivity (Wildman–Crippen MR) is 107 cm³/mol. The van der Waals surface area contributed by atoms with Crippen LogP contribution in [-0.4, -0.2) is 26.7 Å². The van der Waals surface area contributed by atoms with Gasteiger partial charge in [0.2, 0.25) is 0 Å². The van der Waals surface area contributed by atoms with Crippen molar-refractivity contribution in [3.8, 4) is 11.5 Å². The first-order valence-corrected chi connectivity index (χ1v) is 9.36. The van der Waals surface area contributed by atoms with Gasteiger partial charge in [-0.25, -0.2) is 0 Å². The van der Waals surface area contributed by atoms with Crippen molar-refractivity contribution >= 4 is 21.8 Å². The van der Waals surface area contributed by atoms with Crippen molar-refractivity contribution in [1.29, 1.82) is 0 Å². The minimum atomic E-state index is -0.0312. The Morgan fingerprint density at radius 2 is 1.81 bits per heavy atom. The Morgan fingerprint density at radius 3 is 2.50 bits per heavy atom. The van der Waals surface area contributed by atoms with Gasteiger partial charge in [0.05, 0.1) is 14.2 Å². The van der Waals surface area contributed by atoms with E-state index in [1.54, 1.807) is 14.2 Å². The zero-order valence-corrected chi connectivity index (χ0v) is 17.0. The third-order valence-electron chi connectivity index (χ3n) is 3.92. The summed E-state index contributed by atoms with van der Waals surface area (Å²) < 4.78 is 11.6. The molecule has 0 aliphatic rings. The summed E-state index contributed by atoms with van der Waals surface area (Å²) in [4.78, 5) is 12.1. The molecule has 0 radical (unpaired) electrons. The Balaban J connectivity index is 1.99. The summed E-state index contributed by atoms with van der Waals surface area (Å²) in [5.41, 5.74) is 2.82. The van der Waals surface area contributed by atoms with Crippen molar-refractivity contribution in [1.82, 2.24) is 10.6 Å². The molecule has 5 nitrogen and oxygen atoms in total. The van der Waals surface area contributed by atoms with E-state index < -0.39 is 0 Å². The number of rotatable bonds is 9. The van der Waals surface area contributed by atoms with Crippen LogP contribution >= 0.6 is 15.9 Å². The highest BCUT2D eigenvalue weighted by atomic mass is 79.9. The largest absolute Gasteiger partial charge is 0.493 e. The molecule has 2 aromatic carbocycles. The van der Waals surface area contributed by atoms with E-state index in [-0.39, 0.29) is 5.91 Å². The van der Waals surface area contributed by atoms with Gasteiger partial charge in [-0.2, -0.15) is 0 Å². The maximum Gasteiger partial charge on any atom is 0.251 e. The van der Waals surface area contributed by atoms with Crippen LogP contribution in [0.3, 0.4) is 0 Å². The molecule has 0 spiro atoms. The van der Waals surface area contributed by atoms with E-state index in [0.717, 1.165) is 22.0 Å². The first-order chi connectivity index (χ1) is 12.6. The molecule has 0 bridgehead atoms. The molecule has 26 heavy (non-hydrogen) atoms. The fourth-order valence-electron chi connectivity index (χ4n) is 2.54. The monoisotopic (exact) mass is 420 g/mol. The lowest BCUT2D eigenvalue weighted by Crippen LogP contribution is -2.24. The molecule has 2 rings (SSSR count). The van der Waals surface area contributed by atoms with Crippen LogP contribution in [-0.2, 0) is 13.1 Å². The molecule has 140 valence electrons. The lowest BCUT2D eigenvalue weighted by molar-refractivity contribution is 0.0953. The molecule has 0 unspecified atom stereocenters. The molecule has 1 amide bonds. The Bertz CT molecular complexity index is 750. The summed E-state index contributed by atoms with van der Waals surface area (Å²) in [5, 5.41) is 6.30. The summed E-state index contributed by atoms with van der Waals surface area (Å²) in [6.45, 7) is 4.05. The van der Waals surface area contributed by atoms with E-state index in [0.29, 0.717) is 36.7 Å². The highest BCUT2D eigenvalue weighted by molar-refractivity contribution is 9.10. The van der Waals surface area contributed by atoms with Crippen molar-refractivity contribution in [2.75, 3.05) is 20.8 Å². The van der Waals surface area contributed by atoms with Crippen molar-refractivity contribution in [2.45, 2.75) is 26.4 Å². The predicted octanol–water partition coefficient (Wildman–Crippen LogP) is 3.90. The summed E-state index contributed by atoms with van der Waals surface area (Å²) in [7, 11) is 3.24. The number of halogens is 1. The molecule has 0 heterocycles. The Labute approximate surface area is 163 Å². The number of amides is 1. The maximum atomic E-state index is 12.1. The summed E-state index contributed by atoms with van der Waals surface area (Å²) in [6.07, 6.45) is 0.924. The van der Waals surface area contributed by atoms with Crippen LogP contribution < -0.4 is 20.1 Å². The average molecular weight is 421 g/mol. The summed E-state index contributed by atoms with van der Waals surface area (Å²) >= 11 is 3.56. The molecule has 0 fully saturated rings. The van der Waals surface area contributed by atoms with E-state index in [1.807, 2.05) is 43.3 Å². The number of carbonyl (C=O) groups is 1. The zero-order chi connectivity index (χ0) is 18.9. The second-order valence-corrected chi connectivity index (χ2v) is 6.71. The second kappa shape index (κ2) is 10.2.